The molecule has 1 amide bonds. The molecule has 6 nitrogen and oxygen atoms in total. The van der Waals surface area contributed by atoms with E-state index < -0.39 is 0 Å². The molecule has 1 aromatic heterocycles. The Morgan fingerprint density at radius 2 is 1.89 bits per heavy atom. The molecule has 3 heterocycles. The van der Waals surface area contributed by atoms with Crippen LogP contribution in [0.5, 0.6) is 0 Å². The Hall–Kier alpha value is -2.89. The molecule has 4 rings (SSSR count). The van der Waals surface area contributed by atoms with E-state index in [1.54, 1.807) is 23.4 Å². The molecule has 1 aromatic carbocycles. The van der Waals surface area contributed by atoms with Crippen molar-refractivity contribution in [3.05, 3.63) is 67.8 Å². The Balaban J connectivity index is 1.69. The highest BCUT2D eigenvalue weighted by atomic mass is 32.2. The van der Waals surface area contributed by atoms with Gasteiger partial charge in [0.25, 0.3) is 11.5 Å². The maximum Gasteiger partial charge on any atom is 0.270 e. The summed E-state index contributed by atoms with van der Waals surface area (Å²) in [6.07, 6.45) is 5.71. The van der Waals surface area contributed by atoms with E-state index in [1.165, 1.54) is 17.3 Å². The summed E-state index contributed by atoms with van der Waals surface area (Å²) in [6.45, 7) is 7.44. The zero-order valence-electron chi connectivity index (χ0n) is 21.3. The number of aromatic nitrogens is 1. The number of thioether (sulfide) groups is 1. The topological polar surface area (TPSA) is 69.3 Å². The van der Waals surface area contributed by atoms with Crippen LogP contribution >= 0.6 is 24.0 Å². The van der Waals surface area contributed by atoms with Gasteiger partial charge in [-0.15, -0.1) is 0 Å². The SMILES string of the molecule is CC[C@@H](C)N1C(=O)/C(=C/c2c(C)c(C#N)c(=O)n(C)c2N2CCC(Cc3ccccc3)CC2)SC1=S. The fourth-order valence-corrected chi connectivity index (χ4v) is 6.51. The number of benzene rings is 1. The van der Waals surface area contributed by atoms with Gasteiger partial charge in [-0.25, -0.2) is 0 Å². The average Bonchev–Trinajstić information content (AvgIpc) is 3.16. The van der Waals surface area contributed by atoms with E-state index in [0.717, 1.165) is 50.2 Å². The lowest BCUT2D eigenvalue weighted by Gasteiger charge is -2.36. The molecule has 0 N–H and O–H groups in total. The molecule has 188 valence electrons. The highest BCUT2D eigenvalue weighted by molar-refractivity contribution is 8.26. The van der Waals surface area contributed by atoms with Crippen molar-refractivity contribution in [1.29, 1.82) is 5.26 Å². The van der Waals surface area contributed by atoms with Gasteiger partial charge in [0.1, 0.15) is 21.8 Å². The molecule has 2 aliphatic heterocycles. The molecule has 1 atom stereocenters. The monoisotopic (exact) mass is 520 g/mol. The normalized spacial score (nSPS) is 18.7. The van der Waals surface area contributed by atoms with Crippen LogP contribution in [0.25, 0.3) is 6.08 Å². The van der Waals surface area contributed by atoms with E-state index in [-0.39, 0.29) is 23.1 Å². The van der Waals surface area contributed by atoms with E-state index in [1.807, 2.05) is 26.0 Å². The van der Waals surface area contributed by atoms with Crippen molar-refractivity contribution in [2.45, 2.75) is 52.5 Å². The van der Waals surface area contributed by atoms with Crippen LogP contribution in [0.15, 0.2) is 40.0 Å². The number of hydrogen-bond acceptors (Lipinski definition) is 6. The second-order valence-corrected chi connectivity index (χ2v) is 11.3. The van der Waals surface area contributed by atoms with E-state index >= 15 is 0 Å². The van der Waals surface area contributed by atoms with Gasteiger partial charge in [0.05, 0.1) is 4.91 Å². The van der Waals surface area contributed by atoms with Gasteiger partial charge in [-0.1, -0.05) is 61.2 Å². The average molecular weight is 521 g/mol. The number of pyridine rings is 1. The lowest BCUT2D eigenvalue weighted by Crippen LogP contribution is -2.39. The first-order chi connectivity index (χ1) is 17.3. The number of thiocarbonyl (C=S) groups is 1. The third kappa shape index (κ3) is 5.00. The maximum absolute atomic E-state index is 13.2. The molecule has 0 saturated carbocycles. The van der Waals surface area contributed by atoms with Gasteiger partial charge in [0, 0.05) is 31.7 Å². The highest BCUT2D eigenvalue weighted by Crippen LogP contribution is 2.37. The van der Waals surface area contributed by atoms with Crippen LogP contribution in [0, 0.1) is 24.2 Å². The molecule has 0 spiro atoms. The zero-order valence-corrected chi connectivity index (χ0v) is 22.9. The molecule has 2 saturated heterocycles. The van der Waals surface area contributed by atoms with Crippen LogP contribution in [-0.4, -0.2) is 38.8 Å². The Morgan fingerprint density at radius 1 is 1.22 bits per heavy atom. The van der Waals surface area contributed by atoms with Crippen molar-refractivity contribution < 1.29 is 4.79 Å². The van der Waals surface area contributed by atoms with E-state index in [4.69, 9.17) is 12.2 Å². The number of nitrogens with zero attached hydrogens (tertiary/aromatic N) is 4. The third-order valence-corrected chi connectivity index (χ3v) is 8.71. The third-order valence-electron chi connectivity index (χ3n) is 7.38. The quantitative estimate of drug-likeness (QED) is 0.393. The number of rotatable bonds is 6. The van der Waals surface area contributed by atoms with E-state index in [9.17, 15) is 14.9 Å². The van der Waals surface area contributed by atoms with Crippen LogP contribution < -0.4 is 10.5 Å². The molecule has 0 aliphatic carbocycles. The molecule has 0 bridgehead atoms. The van der Waals surface area contributed by atoms with Gasteiger partial charge in [-0.3, -0.25) is 19.1 Å². The Kier molecular flexibility index (Phi) is 8.01. The number of carbonyl (C=O) groups is 1. The second-order valence-electron chi connectivity index (χ2n) is 9.64. The summed E-state index contributed by atoms with van der Waals surface area (Å²) in [5.74, 6) is 1.23. The summed E-state index contributed by atoms with van der Waals surface area (Å²) >= 11 is 6.80. The molecule has 2 fully saturated rings. The minimum Gasteiger partial charge on any atom is -0.357 e. The summed E-state index contributed by atoms with van der Waals surface area (Å²) < 4.78 is 2.12. The van der Waals surface area contributed by atoms with Crippen molar-refractivity contribution in [2.75, 3.05) is 18.0 Å². The fourth-order valence-electron chi connectivity index (χ4n) is 5.06. The molecule has 8 heteroatoms. The van der Waals surface area contributed by atoms with Gasteiger partial charge in [0.15, 0.2) is 0 Å². The summed E-state index contributed by atoms with van der Waals surface area (Å²) in [5, 5.41) is 9.73. The van der Waals surface area contributed by atoms with Crippen LogP contribution in [-0.2, 0) is 18.3 Å². The van der Waals surface area contributed by atoms with Gasteiger partial charge >= 0.3 is 0 Å². The smallest absolute Gasteiger partial charge is 0.270 e. The van der Waals surface area contributed by atoms with Crippen molar-refractivity contribution in [1.82, 2.24) is 9.47 Å². The Bertz CT molecular complexity index is 1300. The van der Waals surface area contributed by atoms with Crippen molar-refractivity contribution in [3.63, 3.8) is 0 Å². The van der Waals surface area contributed by atoms with Crippen LogP contribution in [0.3, 0.4) is 0 Å². The summed E-state index contributed by atoms with van der Waals surface area (Å²) in [4.78, 5) is 30.7. The van der Waals surface area contributed by atoms with Crippen molar-refractivity contribution in [3.8, 4) is 6.07 Å². The molecule has 2 aromatic rings. The number of nitriles is 1. The number of amides is 1. The first kappa shape index (κ1) is 26.2. The molecule has 36 heavy (non-hydrogen) atoms. The van der Waals surface area contributed by atoms with Gasteiger partial charge < -0.3 is 4.90 Å². The summed E-state index contributed by atoms with van der Waals surface area (Å²) in [6, 6.07) is 12.6. The van der Waals surface area contributed by atoms with E-state index in [0.29, 0.717) is 20.7 Å². The lowest BCUT2D eigenvalue weighted by molar-refractivity contribution is -0.123. The first-order valence-corrected chi connectivity index (χ1v) is 13.7. The Labute approximate surface area is 222 Å². The maximum atomic E-state index is 13.2. The number of carbonyl (C=O) groups excluding carboxylic acids is 1. The largest absolute Gasteiger partial charge is 0.357 e. The van der Waals surface area contributed by atoms with Crippen LogP contribution in [0.4, 0.5) is 5.82 Å². The lowest BCUT2D eigenvalue weighted by atomic mass is 9.90. The molecule has 2 aliphatic rings. The first-order valence-electron chi connectivity index (χ1n) is 12.5. The minimum atomic E-state index is -0.305. The number of hydrogen-bond donors (Lipinski definition) is 0. The van der Waals surface area contributed by atoms with Gasteiger partial charge in [-0.05, 0) is 62.7 Å². The molecular formula is C28H32N4O2S2. The van der Waals surface area contributed by atoms with Crippen molar-refractivity contribution in [2.24, 2.45) is 13.0 Å². The zero-order chi connectivity index (χ0) is 26.0. The predicted octanol–water partition coefficient (Wildman–Crippen LogP) is 5.02. The Morgan fingerprint density at radius 3 is 2.50 bits per heavy atom. The number of anilines is 1. The van der Waals surface area contributed by atoms with Crippen molar-refractivity contribution >= 4 is 46.1 Å². The molecular weight excluding hydrogens is 488 g/mol. The number of piperidine rings is 1. The standard InChI is InChI=1S/C28H32N4O2S2/c1-5-18(2)32-27(34)24(36-28(32)35)16-22-19(3)23(17-29)26(33)30(4)25(22)31-13-11-21(12-14-31)15-20-9-7-6-8-10-20/h6-10,16,18,21H,5,11-15H2,1-4H3/b24-16-/t18-/m1/s1. The van der Waals surface area contributed by atoms with Crippen LogP contribution in [0.1, 0.15) is 55.4 Å². The highest BCUT2D eigenvalue weighted by Gasteiger charge is 2.35. The van der Waals surface area contributed by atoms with Gasteiger partial charge in [-0.2, -0.15) is 5.26 Å². The predicted molar refractivity (Wildman–Crippen MR) is 151 cm³/mol. The van der Waals surface area contributed by atoms with Crippen LogP contribution in [0.2, 0.25) is 0 Å². The molecule has 0 unspecified atom stereocenters. The molecule has 0 radical (unpaired) electrons. The van der Waals surface area contributed by atoms with Gasteiger partial charge in [0.2, 0.25) is 0 Å². The van der Waals surface area contributed by atoms with E-state index in [2.05, 4.69) is 35.2 Å². The minimum absolute atomic E-state index is 0.0161. The summed E-state index contributed by atoms with van der Waals surface area (Å²) in [5.41, 5.74) is 2.52. The second kappa shape index (κ2) is 11.0. The summed E-state index contributed by atoms with van der Waals surface area (Å²) in [7, 11) is 1.72. The fraction of sp³-hybridized carbons (Fsp3) is 0.429.